The Kier molecular flexibility index (Phi) is 4.82. The zero-order valence-electron chi connectivity index (χ0n) is 16.5. The summed E-state index contributed by atoms with van der Waals surface area (Å²) < 4.78 is 0. The highest BCUT2D eigenvalue weighted by molar-refractivity contribution is 6.03. The van der Waals surface area contributed by atoms with Crippen LogP contribution in [0.4, 0.5) is 16.2 Å². The minimum absolute atomic E-state index is 0.0405. The molecule has 2 heterocycles. The molecule has 0 aromatic heterocycles. The van der Waals surface area contributed by atoms with E-state index < -0.39 is 0 Å². The minimum atomic E-state index is -0.130. The van der Waals surface area contributed by atoms with E-state index in [9.17, 15) is 4.79 Å². The van der Waals surface area contributed by atoms with Crippen molar-refractivity contribution in [3.05, 3.63) is 59.2 Å². The maximum atomic E-state index is 13.1. The summed E-state index contributed by atoms with van der Waals surface area (Å²) in [5, 5.41) is 12.1. The molecule has 28 heavy (non-hydrogen) atoms. The summed E-state index contributed by atoms with van der Waals surface area (Å²) in [5.41, 5.74) is 4.80. The van der Waals surface area contributed by atoms with Crippen LogP contribution < -0.4 is 10.2 Å². The Hall–Kier alpha value is -2.84. The predicted molar refractivity (Wildman–Crippen MR) is 112 cm³/mol. The van der Waals surface area contributed by atoms with E-state index in [1.807, 2.05) is 11.0 Å². The normalized spacial score (nSPS) is 18.0. The van der Waals surface area contributed by atoms with Gasteiger partial charge in [-0.25, -0.2) is 4.79 Å². The number of nitriles is 1. The van der Waals surface area contributed by atoms with Crippen LogP contribution in [0, 0.1) is 18.3 Å². The number of hydrogen-bond donors (Lipinski definition) is 1. The first-order valence-electron chi connectivity index (χ1n) is 9.97. The van der Waals surface area contributed by atoms with Gasteiger partial charge in [-0.1, -0.05) is 30.7 Å². The van der Waals surface area contributed by atoms with Gasteiger partial charge in [-0.3, -0.25) is 4.90 Å². The number of piperidine rings is 1. The number of benzene rings is 2. The van der Waals surface area contributed by atoms with Crippen molar-refractivity contribution in [3.63, 3.8) is 0 Å². The predicted octanol–water partition coefficient (Wildman–Crippen LogP) is 4.27. The number of carbonyl (C=O) groups is 1. The van der Waals surface area contributed by atoms with Crippen molar-refractivity contribution in [1.29, 1.82) is 5.26 Å². The molecular weight excluding hydrogens is 348 g/mol. The van der Waals surface area contributed by atoms with E-state index in [-0.39, 0.29) is 11.4 Å². The number of nitrogens with zero attached hydrogens (tertiary/aromatic N) is 3. The first kappa shape index (κ1) is 18.5. The van der Waals surface area contributed by atoms with E-state index in [0.717, 1.165) is 38.2 Å². The fraction of sp³-hybridized carbons (Fsp3) is 0.391. The molecule has 144 valence electrons. The van der Waals surface area contributed by atoms with Crippen molar-refractivity contribution in [3.8, 4) is 6.07 Å². The van der Waals surface area contributed by atoms with Crippen LogP contribution >= 0.6 is 0 Å². The second kappa shape index (κ2) is 7.29. The van der Waals surface area contributed by atoms with E-state index in [0.29, 0.717) is 17.8 Å². The molecule has 5 heteroatoms. The maximum Gasteiger partial charge on any atom is 0.326 e. The molecule has 2 amide bonds. The molecule has 2 aromatic carbocycles. The third-order valence-corrected chi connectivity index (χ3v) is 6.22. The van der Waals surface area contributed by atoms with Crippen LogP contribution in [-0.2, 0) is 5.41 Å². The van der Waals surface area contributed by atoms with Gasteiger partial charge in [0.05, 0.1) is 11.6 Å². The Morgan fingerprint density at radius 2 is 2.00 bits per heavy atom. The van der Waals surface area contributed by atoms with Crippen LogP contribution in [0.1, 0.15) is 36.5 Å². The highest BCUT2D eigenvalue weighted by Gasteiger charge is 2.46. The molecule has 0 radical (unpaired) electrons. The van der Waals surface area contributed by atoms with Crippen molar-refractivity contribution in [2.45, 2.75) is 32.1 Å². The van der Waals surface area contributed by atoms with Crippen molar-refractivity contribution in [2.75, 3.05) is 36.4 Å². The molecule has 4 rings (SSSR count). The zero-order chi connectivity index (χ0) is 19.7. The maximum absolute atomic E-state index is 13.1. The Balaban J connectivity index is 1.62. The number of hydrogen-bond acceptors (Lipinski definition) is 3. The summed E-state index contributed by atoms with van der Waals surface area (Å²) >= 11 is 0. The van der Waals surface area contributed by atoms with Gasteiger partial charge in [0.25, 0.3) is 0 Å². The van der Waals surface area contributed by atoms with Crippen LogP contribution in [0.25, 0.3) is 0 Å². The van der Waals surface area contributed by atoms with Crippen molar-refractivity contribution >= 4 is 17.4 Å². The van der Waals surface area contributed by atoms with Gasteiger partial charge in [-0.05, 0) is 69.2 Å². The van der Waals surface area contributed by atoms with Crippen LogP contribution in [0.15, 0.2) is 42.5 Å². The summed E-state index contributed by atoms with van der Waals surface area (Å²) in [4.78, 5) is 17.5. The lowest BCUT2D eigenvalue weighted by atomic mass is 9.74. The lowest BCUT2D eigenvalue weighted by Crippen LogP contribution is -2.46. The smallest absolute Gasteiger partial charge is 0.307 e. The summed E-state index contributed by atoms with van der Waals surface area (Å²) in [6.07, 6.45) is 2.15. The summed E-state index contributed by atoms with van der Waals surface area (Å²) in [5.74, 6) is 0. The average molecular weight is 374 g/mol. The molecule has 5 nitrogen and oxygen atoms in total. The number of anilines is 2. The van der Waals surface area contributed by atoms with Gasteiger partial charge in [0.1, 0.15) is 0 Å². The molecule has 0 unspecified atom stereocenters. The minimum Gasteiger partial charge on any atom is -0.307 e. The third-order valence-electron chi connectivity index (χ3n) is 6.22. The molecule has 0 bridgehead atoms. The molecule has 1 N–H and O–H groups in total. The van der Waals surface area contributed by atoms with Gasteiger partial charge in [-0.2, -0.15) is 5.26 Å². The quantitative estimate of drug-likeness (QED) is 0.854. The van der Waals surface area contributed by atoms with Gasteiger partial charge in [0.15, 0.2) is 0 Å². The Bertz CT molecular complexity index is 938. The van der Waals surface area contributed by atoms with Gasteiger partial charge in [-0.15, -0.1) is 0 Å². The second-order valence-corrected chi connectivity index (χ2v) is 7.94. The third kappa shape index (κ3) is 3.25. The van der Waals surface area contributed by atoms with E-state index in [1.165, 1.54) is 11.1 Å². The molecule has 2 aliphatic rings. The first-order chi connectivity index (χ1) is 13.5. The lowest BCUT2D eigenvalue weighted by Gasteiger charge is -2.39. The number of urea groups is 1. The lowest BCUT2D eigenvalue weighted by molar-refractivity contribution is 0.173. The molecule has 0 aliphatic carbocycles. The van der Waals surface area contributed by atoms with E-state index in [4.69, 9.17) is 5.26 Å². The van der Waals surface area contributed by atoms with Crippen LogP contribution in [0.3, 0.4) is 0 Å². The molecule has 1 spiro atoms. The van der Waals surface area contributed by atoms with Gasteiger partial charge in [0.2, 0.25) is 0 Å². The summed E-state index contributed by atoms with van der Waals surface area (Å²) in [6, 6.07) is 15.5. The molecule has 2 aromatic rings. The van der Waals surface area contributed by atoms with Gasteiger partial charge >= 0.3 is 6.03 Å². The first-order valence-corrected chi connectivity index (χ1v) is 9.97. The molecule has 0 saturated carbocycles. The van der Waals surface area contributed by atoms with Crippen molar-refractivity contribution < 1.29 is 4.79 Å². The highest BCUT2D eigenvalue weighted by Crippen LogP contribution is 2.47. The highest BCUT2D eigenvalue weighted by atomic mass is 16.2. The van der Waals surface area contributed by atoms with E-state index in [1.54, 1.807) is 18.2 Å². The number of nitrogens with one attached hydrogen (secondary N) is 1. The van der Waals surface area contributed by atoms with Gasteiger partial charge in [0, 0.05) is 23.3 Å². The molecular formula is C23H26N4O. The number of rotatable bonds is 2. The molecule has 1 saturated heterocycles. The largest absolute Gasteiger partial charge is 0.326 e. The summed E-state index contributed by atoms with van der Waals surface area (Å²) in [7, 11) is 0. The Labute approximate surface area is 166 Å². The zero-order valence-corrected chi connectivity index (χ0v) is 16.5. The summed E-state index contributed by atoms with van der Waals surface area (Å²) in [6.45, 7) is 8.27. The number of amides is 2. The number of carbonyl (C=O) groups excluding carboxylic acids is 1. The standard InChI is InChI=1S/C23H26N4O/c1-3-26-11-9-23(10-12-26)16-27(21-8-7-17(2)13-20(21)23)22(28)25-19-6-4-5-18(14-19)15-24/h4-8,13-14H,3,9-12,16H2,1-2H3,(H,25,28). The van der Waals surface area contributed by atoms with Crippen LogP contribution in [-0.4, -0.2) is 37.1 Å². The SMILES string of the molecule is CCN1CCC2(CC1)CN(C(=O)Nc1cccc(C#N)c1)c1ccc(C)cc12. The van der Waals surface area contributed by atoms with Crippen molar-refractivity contribution in [2.24, 2.45) is 0 Å². The fourth-order valence-electron chi connectivity index (χ4n) is 4.55. The second-order valence-electron chi connectivity index (χ2n) is 7.94. The van der Waals surface area contributed by atoms with Crippen LogP contribution in [0.2, 0.25) is 0 Å². The number of aryl methyl sites for hydroxylation is 1. The number of fused-ring (bicyclic) bond motifs is 2. The molecule has 1 fully saturated rings. The molecule has 2 aliphatic heterocycles. The van der Waals surface area contributed by atoms with E-state index >= 15 is 0 Å². The number of likely N-dealkylation sites (tertiary alicyclic amines) is 1. The topological polar surface area (TPSA) is 59.4 Å². The van der Waals surface area contributed by atoms with E-state index in [2.05, 4.69) is 48.3 Å². The van der Waals surface area contributed by atoms with Gasteiger partial charge < -0.3 is 10.2 Å². The fourth-order valence-corrected chi connectivity index (χ4v) is 4.55. The Morgan fingerprint density at radius 3 is 2.71 bits per heavy atom. The van der Waals surface area contributed by atoms with Crippen molar-refractivity contribution in [1.82, 2.24) is 4.90 Å². The van der Waals surface area contributed by atoms with Crippen LogP contribution in [0.5, 0.6) is 0 Å². The average Bonchev–Trinajstić information content (AvgIpc) is 3.02. The monoisotopic (exact) mass is 374 g/mol. The molecule has 0 atom stereocenters. The Morgan fingerprint density at radius 1 is 1.21 bits per heavy atom.